The van der Waals surface area contributed by atoms with Gasteiger partial charge in [-0.2, -0.15) is 0 Å². The molecule has 1 heterocycles. The molecule has 0 aliphatic rings. The van der Waals surface area contributed by atoms with E-state index in [1.807, 2.05) is 0 Å². The van der Waals surface area contributed by atoms with Gasteiger partial charge in [-0.15, -0.1) is 6.42 Å². The van der Waals surface area contributed by atoms with Gasteiger partial charge in [0.25, 0.3) is 0 Å². The van der Waals surface area contributed by atoms with Gasteiger partial charge in [-0.25, -0.2) is 13.1 Å². The average Bonchev–Trinajstić information content (AvgIpc) is 2.27. The van der Waals surface area contributed by atoms with Crippen molar-refractivity contribution in [2.75, 3.05) is 5.75 Å². The highest BCUT2D eigenvalue weighted by atomic mass is 32.2. The third-order valence-corrected chi connectivity index (χ3v) is 3.47. The summed E-state index contributed by atoms with van der Waals surface area (Å²) in [6.07, 6.45) is 8.83. The van der Waals surface area contributed by atoms with E-state index >= 15 is 0 Å². The van der Waals surface area contributed by atoms with Crippen molar-refractivity contribution in [2.24, 2.45) is 0 Å². The molecule has 5 heteroatoms. The quantitative estimate of drug-likeness (QED) is 0.763. The fourth-order valence-corrected chi connectivity index (χ4v) is 2.39. The van der Waals surface area contributed by atoms with Gasteiger partial charge < -0.3 is 0 Å². The Labute approximate surface area is 96.2 Å². The number of nitrogens with one attached hydrogen (secondary N) is 1. The maximum Gasteiger partial charge on any atom is 0.213 e. The summed E-state index contributed by atoms with van der Waals surface area (Å²) in [6.45, 7) is 1.63. The van der Waals surface area contributed by atoms with Crippen molar-refractivity contribution in [3.05, 3.63) is 30.1 Å². The van der Waals surface area contributed by atoms with Gasteiger partial charge in [0.15, 0.2) is 0 Å². The van der Waals surface area contributed by atoms with Crippen LogP contribution >= 0.6 is 0 Å². The molecule has 86 valence electrons. The van der Waals surface area contributed by atoms with Crippen molar-refractivity contribution in [2.45, 2.75) is 19.4 Å². The van der Waals surface area contributed by atoms with Crippen LogP contribution in [0.2, 0.25) is 0 Å². The van der Waals surface area contributed by atoms with Crippen LogP contribution in [-0.4, -0.2) is 25.2 Å². The van der Waals surface area contributed by atoms with Crippen molar-refractivity contribution in [3.8, 4) is 12.3 Å². The molecular weight excluding hydrogens is 224 g/mol. The monoisotopic (exact) mass is 238 g/mol. The van der Waals surface area contributed by atoms with Gasteiger partial charge in [0, 0.05) is 12.4 Å². The fraction of sp³-hybridized carbons (Fsp3) is 0.364. The number of rotatable bonds is 5. The first-order valence-electron chi connectivity index (χ1n) is 4.88. The van der Waals surface area contributed by atoms with E-state index in [1.54, 1.807) is 31.5 Å². The summed E-state index contributed by atoms with van der Waals surface area (Å²) in [5.74, 6) is 2.35. The van der Waals surface area contributed by atoms with Crippen molar-refractivity contribution in [3.63, 3.8) is 0 Å². The highest BCUT2D eigenvalue weighted by Gasteiger charge is 2.12. The predicted octanol–water partition coefficient (Wildman–Crippen LogP) is 0.565. The molecule has 0 amide bonds. The van der Waals surface area contributed by atoms with E-state index in [-0.39, 0.29) is 5.75 Å². The maximum absolute atomic E-state index is 11.6. The summed E-state index contributed by atoms with van der Waals surface area (Å²) >= 11 is 0. The molecule has 1 rings (SSSR count). The molecule has 0 aliphatic carbocycles. The second-order valence-electron chi connectivity index (χ2n) is 3.43. The standard InChI is InChI=1S/C11H14N2O2S/c1-3-10(2)13-16(14,15)9-6-11-4-7-12-8-5-11/h1,4-5,7-8,10,13H,6,9H2,2H3. The van der Waals surface area contributed by atoms with Gasteiger partial charge in [0.2, 0.25) is 10.0 Å². The van der Waals surface area contributed by atoms with Crippen molar-refractivity contribution in [1.29, 1.82) is 0 Å². The number of sulfonamides is 1. The highest BCUT2D eigenvalue weighted by Crippen LogP contribution is 2.00. The largest absolute Gasteiger partial charge is 0.265 e. The Morgan fingerprint density at radius 3 is 2.69 bits per heavy atom. The summed E-state index contributed by atoms with van der Waals surface area (Å²) in [4.78, 5) is 3.86. The first-order valence-corrected chi connectivity index (χ1v) is 6.54. The lowest BCUT2D eigenvalue weighted by atomic mass is 10.2. The molecule has 1 aromatic rings. The third kappa shape index (κ3) is 4.43. The van der Waals surface area contributed by atoms with Crippen LogP contribution < -0.4 is 4.72 Å². The lowest BCUT2D eigenvalue weighted by Crippen LogP contribution is -2.33. The number of aromatic nitrogens is 1. The van der Waals surface area contributed by atoms with E-state index in [4.69, 9.17) is 6.42 Å². The third-order valence-electron chi connectivity index (χ3n) is 2.02. The molecule has 0 aliphatic heterocycles. The van der Waals surface area contributed by atoms with Crippen molar-refractivity contribution >= 4 is 10.0 Å². The Morgan fingerprint density at radius 1 is 1.50 bits per heavy atom. The topological polar surface area (TPSA) is 59.1 Å². The first-order chi connectivity index (χ1) is 7.53. The van der Waals surface area contributed by atoms with Gasteiger partial charge in [-0.3, -0.25) is 4.98 Å². The molecule has 0 radical (unpaired) electrons. The molecule has 1 aromatic heterocycles. The van der Waals surface area contributed by atoms with Crippen molar-refractivity contribution in [1.82, 2.24) is 9.71 Å². The Hall–Kier alpha value is -1.38. The van der Waals surface area contributed by atoms with Gasteiger partial charge in [-0.05, 0) is 31.0 Å². The Kier molecular flexibility index (Phi) is 4.47. The number of aryl methyl sites for hydroxylation is 1. The van der Waals surface area contributed by atoms with Crippen LogP contribution in [0.1, 0.15) is 12.5 Å². The molecule has 16 heavy (non-hydrogen) atoms. The summed E-state index contributed by atoms with van der Waals surface area (Å²) in [5.41, 5.74) is 0.939. The number of hydrogen-bond acceptors (Lipinski definition) is 3. The van der Waals surface area contributed by atoms with Crippen LogP contribution in [0, 0.1) is 12.3 Å². The average molecular weight is 238 g/mol. The van der Waals surface area contributed by atoms with Gasteiger partial charge in [-0.1, -0.05) is 5.92 Å². The summed E-state index contributed by atoms with van der Waals surface area (Å²) in [5, 5.41) is 0. The molecule has 0 spiro atoms. The smallest absolute Gasteiger partial charge is 0.213 e. The molecule has 1 unspecified atom stereocenters. The maximum atomic E-state index is 11.6. The molecule has 0 saturated heterocycles. The minimum Gasteiger partial charge on any atom is -0.265 e. The summed E-state index contributed by atoms with van der Waals surface area (Å²) < 4.78 is 25.5. The van der Waals surface area contributed by atoms with Crippen LogP contribution in [0.3, 0.4) is 0 Å². The SMILES string of the molecule is C#CC(C)NS(=O)(=O)CCc1ccncc1. The molecule has 0 aromatic carbocycles. The zero-order chi connectivity index (χ0) is 12.0. The van der Waals surface area contributed by atoms with Gasteiger partial charge in [0.1, 0.15) is 0 Å². The minimum atomic E-state index is -3.30. The van der Waals surface area contributed by atoms with Gasteiger partial charge >= 0.3 is 0 Å². The zero-order valence-electron chi connectivity index (χ0n) is 9.05. The van der Waals surface area contributed by atoms with E-state index in [9.17, 15) is 8.42 Å². The van der Waals surface area contributed by atoms with Crippen LogP contribution in [0.25, 0.3) is 0 Å². The molecule has 0 saturated carbocycles. The van der Waals surface area contributed by atoms with Crippen LogP contribution in [-0.2, 0) is 16.4 Å². The first kappa shape index (κ1) is 12.7. The minimum absolute atomic E-state index is 0.0308. The zero-order valence-corrected chi connectivity index (χ0v) is 9.87. The normalized spacial score (nSPS) is 13.0. The fourth-order valence-electron chi connectivity index (χ4n) is 1.16. The summed E-state index contributed by atoms with van der Waals surface area (Å²) in [7, 11) is -3.30. The number of pyridine rings is 1. The van der Waals surface area contributed by atoms with E-state index in [0.29, 0.717) is 6.42 Å². The Balaban J connectivity index is 2.53. The molecule has 0 bridgehead atoms. The number of terminal acetylenes is 1. The highest BCUT2D eigenvalue weighted by molar-refractivity contribution is 7.89. The number of hydrogen-bond donors (Lipinski definition) is 1. The molecule has 0 fully saturated rings. The molecule has 1 N–H and O–H groups in total. The van der Waals surface area contributed by atoms with Crippen molar-refractivity contribution < 1.29 is 8.42 Å². The van der Waals surface area contributed by atoms with Crippen LogP contribution in [0.5, 0.6) is 0 Å². The Morgan fingerprint density at radius 2 is 2.12 bits per heavy atom. The molecular formula is C11H14N2O2S. The lowest BCUT2D eigenvalue weighted by Gasteiger charge is -2.08. The van der Waals surface area contributed by atoms with Gasteiger partial charge in [0.05, 0.1) is 11.8 Å². The summed E-state index contributed by atoms with van der Waals surface area (Å²) in [6, 6.07) is 3.11. The predicted molar refractivity (Wildman–Crippen MR) is 63.2 cm³/mol. The van der Waals surface area contributed by atoms with E-state index in [0.717, 1.165) is 5.56 Å². The molecule has 1 atom stereocenters. The van der Waals surface area contributed by atoms with E-state index in [2.05, 4.69) is 15.6 Å². The lowest BCUT2D eigenvalue weighted by molar-refractivity contribution is 0.577. The second-order valence-corrected chi connectivity index (χ2v) is 5.30. The molecule has 4 nitrogen and oxygen atoms in total. The Bertz CT molecular complexity index is 463. The van der Waals surface area contributed by atoms with E-state index < -0.39 is 16.1 Å². The van der Waals surface area contributed by atoms with Crippen LogP contribution in [0.4, 0.5) is 0 Å². The second kappa shape index (κ2) is 5.64. The number of nitrogens with zero attached hydrogens (tertiary/aromatic N) is 1. The van der Waals surface area contributed by atoms with E-state index in [1.165, 1.54) is 0 Å². The van der Waals surface area contributed by atoms with Crippen LogP contribution in [0.15, 0.2) is 24.5 Å².